The zero-order valence-electron chi connectivity index (χ0n) is 9.87. The van der Waals surface area contributed by atoms with Crippen LogP contribution in [0.2, 0.25) is 0 Å². The van der Waals surface area contributed by atoms with Crippen molar-refractivity contribution in [1.82, 2.24) is 9.97 Å². The van der Waals surface area contributed by atoms with Gasteiger partial charge in [-0.1, -0.05) is 6.92 Å². The van der Waals surface area contributed by atoms with Gasteiger partial charge >= 0.3 is 0 Å². The van der Waals surface area contributed by atoms with E-state index in [1.165, 1.54) is 6.33 Å². The Bertz CT molecular complexity index is 364. The number of nitrogens with zero attached hydrogens (tertiary/aromatic N) is 3. The molecule has 0 radical (unpaired) electrons. The molecule has 1 saturated heterocycles. The Morgan fingerprint density at radius 1 is 1.35 bits per heavy atom. The summed E-state index contributed by atoms with van der Waals surface area (Å²) in [6.07, 6.45) is 1.12. The Morgan fingerprint density at radius 3 is 2.71 bits per heavy atom. The molecule has 1 aromatic rings. The highest BCUT2D eigenvalue weighted by Crippen LogP contribution is 2.19. The van der Waals surface area contributed by atoms with Crippen LogP contribution in [-0.4, -0.2) is 52.0 Å². The molecule has 1 aliphatic rings. The van der Waals surface area contributed by atoms with Crippen LogP contribution in [0.15, 0.2) is 12.4 Å². The van der Waals surface area contributed by atoms with E-state index in [0.29, 0.717) is 13.1 Å². The first kappa shape index (κ1) is 12.1. The van der Waals surface area contributed by atoms with Gasteiger partial charge in [-0.25, -0.2) is 9.97 Å². The number of nitrogens with one attached hydrogen (secondary N) is 1. The molecular formula is C11H18N4O2. The lowest BCUT2D eigenvalue weighted by atomic mass is 10.3. The summed E-state index contributed by atoms with van der Waals surface area (Å²) in [6.45, 7) is 3.76. The summed E-state index contributed by atoms with van der Waals surface area (Å²) in [7, 11) is 0. The molecule has 0 aromatic carbocycles. The van der Waals surface area contributed by atoms with Crippen molar-refractivity contribution in [2.75, 3.05) is 29.9 Å². The standard InChI is InChI=1S/C11H18N4O2/c1-2-3-12-10-4-11(14-7-13-10)15-5-8(16)9(17)6-15/h4,7-9,16-17H,2-3,5-6H2,1H3,(H,12,13,14). The summed E-state index contributed by atoms with van der Waals surface area (Å²) in [5.41, 5.74) is 0. The molecule has 0 spiro atoms. The Morgan fingerprint density at radius 2 is 2.06 bits per heavy atom. The molecule has 6 nitrogen and oxygen atoms in total. The summed E-state index contributed by atoms with van der Waals surface area (Å²) in [5.74, 6) is 1.50. The average Bonchev–Trinajstić information content (AvgIpc) is 2.68. The van der Waals surface area contributed by atoms with Crippen molar-refractivity contribution in [2.45, 2.75) is 25.6 Å². The minimum absolute atomic E-state index is 0.408. The number of hydrogen-bond acceptors (Lipinski definition) is 6. The summed E-state index contributed by atoms with van der Waals surface area (Å²) < 4.78 is 0. The van der Waals surface area contributed by atoms with Gasteiger partial charge in [-0.3, -0.25) is 0 Å². The number of aliphatic hydroxyl groups excluding tert-OH is 2. The third kappa shape index (κ3) is 2.83. The predicted molar refractivity (Wildman–Crippen MR) is 65.0 cm³/mol. The van der Waals surface area contributed by atoms with Gasteiger partial charge in [0.25, 0.3) is 0 Å². The Kier molecular flexibility index (Phi) is 3.75. The Labute approximate surface area is 100 Å². The second kappa shape index (κ2) is 5.29. The van der Waals surface area contributed by atoms with E-state index in [9.17, 15) is 10.2 Å². The molecule has 0 bridgehead atoms. The van der Waals surface area contributed by atoms with E-state index in [4.69, 9.17) is 0 Å². The van der Waals surface area contributed by atoms with Gasteiger partial charge < -0.3 is 20.4 Å². The van der Waals surface area contributed by atoms with Crippen LogP contribution in [0.4, 0.5) is 11.6 Å². The fraction of sp³-hybridized carbons (Fsp3) is 0.636. The molecule has 1 aromatic heterocycles. The quantitative estimate of drug-likeness (QED) is 0.676. The highest BCUT2D eigenvalue weighted by atomic mass is 16.3. The SMILES string of the molecule is CCCNc1cc(N2CC(O)C(O)C2)ncn1. The highest BCUT2D eigenvalue weighted by molar-refractivity contribution is 5.49. The van der Waals surface area contributed by atoms with Crippen LogP contribution < -0.4 is 10.2 Å². The number of β-amino-alcohol motifs (C(OH)–C–C–N with tert-alkyl or cyclic N) is 2. The van der Waals surface area contributed by atoms with Crippen molar-refractivity contribution in [1.29, 1.82) is 0 Å². The van der Waals surface area contributed by atoms with Crippen molar-refractivity contribution >= 4 is 11.6 Å². The van der Waals surface area contributed by atoms with Gasteiger partial charge in [0, 0.05) is 25.7 Å². The fourth-order valence-corrected chi connectivity index (χ4v) is 1.83. The summed E-state index contributed by atoms with van der Waals surface area (Å²) >= 11 is 0. The first-order valence-corrected chi connectivity index (χ1v) is 5.87. The molecule has 2 rings (SSSR count). The van der Waals surface area contributed by atoms with Crippen LogP contribution in [0.25, 0.3) is 0 Å². The van der Waals surface area contributed by atoms with Crippen molar-refractivity contribution < 1.29 is 10.2 Å². The van der Waals surface area contributed by atoms with Gasteiger partial charge in [-0.2, -0.15) is 0 Å². The first-order valence-electron chi connectivity index (χ1n) is 5.87. The second-order valence-electron chi connectivity index (χ2n) is 4.23. The van der Waals surface area contributed by atoms with Crippen molar-refractivity contribution in [3.8, 4) is 0 Å². The number of aliphatic hydroxyl groups is 2. The highest BCUT2D eigenvalue weighted by Gasteiger charge is 2.30. The molecule has 0 aliphatic carbocycles. The summed E-state index contributed by atoms with van der Waals surface area (Å²) in [6, 6.07) is 1.83. The van der Waals surface area contributed by atoms with E-state index in [2.05, 4.69) is 22.2 Å². The molecule has 6 heteroatoms. The predicted octanol–water partition coefficient (Wildman–Crippen LogP) is -0.160. The number of aromatic nitrogens is 2. The molecule has 2 heterocycles. The van der Waals surface area contributed by atoms with Crippen LogP contribution in [0.1, 0.15) is 13.3 Å². The van der Waals surface area contributed by atoms with Gasteiger partial charge in [0.1, 0.15) is 18.0 Å². The van der Waals surface area contributed by atoms with Gasteiger partial charge in [-0.15, -0.1) is 0 Å². The van der Waals surface area contributed by atoms with Crippen molar-refractivity contribution in [2.24, 2.45) is 0 Å². The van der Waals surface area contributed by atoms with Crippen LogP contribution in [-0.2, 0) is 0 Å². The van der Waals surface area contributed by atoms with E-state index in [0.717, 1.165) is 24.6 Å². The summed E-state index contributed by atoms with van der Waals surface area (Å²) in [5, 5.41) is 22.2. The Hall–Kier alpha value is -1.40. The maximum Gasteiger partial charge on any atom is 0.134 e. The lowest BCUT2D eigenvalue weighted by molar-refractivity contribution is 0.0572. The average molecular weight is 238 g/mol. The molecule has 17 heavy (non-hydrogen) atoms. The van der Waals surface area contributed by atoms with E-state index in [-0.39, 0.29) is 0 Å². The minimum Gasteiger partial charge on any atom is -0.389 e. The monoisotopic (exact) mass is 238 g/mol. The van der Waals surface area contributed by atoms with Gasteiger partial charge in [0.2, 0.25) is 0 Å². The zero-order chi connectivity index (χ0) is 12.3. The third-order valence-electron chi connectivity index (χ3n) is 2.79. The second-order valence-corrected chi connectivity index (χ2v) is 4.23. The van der Waals surface area contributed by atoms with Gasteiger partial charge in [0.05, 0.1) is 12.2 Å². The molecule has 3 N–H and O–H groups in total. The molecule has 2 unspecified atom stereocenters. The zero-order valence-corrected chi connectivity index (χ0v) is 9.87. The van der Waals surface area contributed by atoms with Crippen molar-refractivity contribution in [3.63, 3.8) is 0 Å². The molecule has 1 aliphatic heterocycles. The topological polar surface area (TPSA) is 81.5 Å². The first-order chi connectivity index (χ1) is 8.20. The number of anilines is 2. The summed E-state index contributed by atoms with van der Waals surface area (Å²) in [4.78, 5) is 10.1. The Balaban J connectivity index is 2.06. The maximum absolute atomic E-state index is 9.49. The smallest absolute Gasteiger partial charge is 0.134 e. The van der Waals surface area contributed by atoms with Crippen molar-refractivity contribution in [3.05, 3.63) is 12.4 Å². The molecule has 1 fully saturated rings. The van der Waals surface area contributed by atoms with Crippen LogP contribution in [0.5, 0.6) is 0 Å². The van der Waals surface area contributed by atoms with E-state index in [1.807, 2.05) is 11.0 Å². The molecule has 2 atom stereocenters. The lowest BCUT2D eigenvalue weighted by Crippen LogP contribution is -2.22. The maximum atomic E-state index is 9.49. The largest absolute Gasteiger partial charge is 0.389 e. The minimum atomic E-state index is -0.697. The van der Waals surface area contributed by atoms with Crippen LogP contribution in [0, 0.1) is 0 Å². The van der Waals surface area contributed by atoms with E-state index in [1.54, 1.807) is 0 Å². The van der Waals surface area contributed by atoms with Crippen LogP contribution in [0.3, 0.4) is 0 Å². The van der Waals surface area contributed by atoms with E-state index < -0.39 is 12.2 Å². The lowest BCUT2D eigenvalue weighted by Gasteiger charge is -2.16. The van der Waals surface area contributed by atoms with Gasteiger partial charge in [0.15, 0.2) is 0 Å². The van der Waals surface area contributed by atoms with Gasteiger partial charge in [-0.05, 0) is 6.42 Å². The number of hydrogen-bond donors (Lipinski definition) is 3. The fourth-order valence-electron chi connectivity index (χ4n) is 1.83. The molecular weight excluding hydrogens is 220 g/mol. The molecule has 0 amide bonds. The number of rotatable bonds is 4. The normalized spacial score (nSPS) is 24.1. The van der Waals surface area contributed by atoms with E-state index >= 15 is 0 Å². The third-order valence-corrected chi connectivity index (χ3v) is 2.79. The molecule has 0 saturated carbocycles. The van der Waals surface area contributed by atoms with Crippen LogP contribution >= 0.6 is 0 Å². The molecule has 94 valence electrons.